The number of likely N-dealkylation sites (N-methyl/N-ethyl adjacent to an activating group) is 1. The highest BCUT2D eigenvalue weighted by atomic mass is 16.2. The van der Waals surface area contributed by atoms with E-state index in [4.69, 9.17) is 5.73 Å². The fourth-order valence-electron chi connectivity index (χ4n) is 3.99. The number of nitrogen functional groups attached to an aromatic ring is 1. The van der Waals surface area contributed by atoms with Crippen LogP contribution in [0.15, 0.2) is 24.5 Å². The number of fused-ring (bicyclic) bond motifs is 1. The maximum atomic E-state index is 12.7. The van der Waals surface area contributed by atoms with Crippen molar-refractivity contribution >= 4 is 17.5 Å². The van der Waals surface area contributed by atoms with Gasteiger partial charge in [-0.3, -0.25) is 9.88 Å². The predicted molar refractivity (Wildman–Crippen MR) is 108 cm³/mol. The monoisotopic (exact) mass is 381 g/mol. The van der Waals surface area contributed by atoms with Crippen LogP contribution < -0.4 is 11.1 Å². The molecule has 8 nitrogen and oxygen atoms in total. The minimum absolute atomic E-state index is 0.0614. The summed E-state index contributed by atoms with van der Waals surface area (Å²) in [5, 5.41) is 3.02. The number of anilines is 2. The van der Waals surface area contributed by atoms with E-state index in [2.05, 4.69) is 31.2 Å². The first-order valence-electron chi connectivity index (χ1n) is 9.90. The average molecular weight is 381 g/mol. The van der Waals surface area contributed by atoms with Gasteiger partial charge in [-0.1, -0.05) is 0 Å². The summed E-state index contributed by atoms with van der Waals surface area (Å²) in [6.45, 7) is 2.03. The van der Waals surface area contributed by atoms with Crippen LogP contribution in [0.5, 0.6) is 0 Å². The van der Waals surface area contributed by atoms with Crippen molar-refractivity contribution in [3.8, 4) is 0 Å². The third-order valence-electron chi connectivity index (χ3n) is 5.61. The van der Waals surface area contributed by atoms with Crippen LogP contribution in [0, 0.1) is 0 Å². The Hall–Kier alpha value is -2.74. The molecule has 2 aromatic rings. The Kier molecular flexibility index (Phi) is 5.38. The van der Waals surface area contributed by atoms with Gasteiger partial charge in [0.1, 0.15) is 11.6 Å². The van der Waals surface area contributed by atoms with Gasteiger partial charge in [-0.2, -0.15) is 0 Å². The molecule has 3 N–H and O–H groups in total. The Morgan fingerprint density at radius 2 is 2.21 bits per heavy atom. The molecule has 4 rings (SSSR count). The molecule has 8 heteroatoms. The molecule has 1 unspecified atom stereocenters. The number of carbonyl (C=O) groups excluding carboxylic acids is 1. The standard InChI is InChI=1S/C20H27N7O/c1-26(13-19-22-8-6-18(21)25-19)16-7-9-27(12-16)20(28)24-15-10-14-4-2-3-5-17(14)23-11-15/h6,8,10-11,16H,2-5,7,9,12-13H2,1H3,(H,24,28)(H2,21,22,25). The van der Waals surface area contributed by atoms with E-state index in [1.807, 2.05) is 11.9 Å². The lowest BCUT2D eigenvalue weighted by Gasteiger charge is -2.24. The van der Waals surface area contributed by atoms with Crippen LogP contribution in [0.25, 0.3) is 0 Å². The number of hydrogen-bond donors (Lipinski definition) is 2. The molecule has 1 aliphatic heterocycles. The lowest BCUT2D eigenvalue weighted by atomic mass is 9.96. The molecule has 0 bridgehead atoms. The number of nitrogens with zero attached hydrogens (tertiary/aromatic N) is 5. The smallest absolute Gasteiger partial charge is 0.321 e. The molecule has 0 radical (unpaired) electrons. The number of carbonyl (C=O) groups is 1. The molecule has 1 atom stereocenters. The van der Waals surface area contributed by atoms with Gasteiger partial charge in [0.25, 0.3) is 0 Å². The second-order valence-electron chi connectivity index (χ2n) is 7.67. The highest BCUT2D eigenvalue weighted by Gasteiger charge is 2.29. The third-order valence-corrected chi connectivity index (χ3v) is 5.61. The summed E-state index contributed by atoms with van der Waals surface area (Å²) >= 11 is 0. The molecule has 1 saturated heterocycles. The number of pyridine rings is 1. The summed E-state index contributed by atoms with van der Waals surface area (Å²) < 4.78 is 0. The van der Waals surface area contributed by atoms with Crippen LogP contribution in [0.4, 0.5) is 16.3 Å². The van der Waals surface area contributed by atoms with Crippen LogP contribution >= 0.6 is 0 Å². The van der Waals surface area contributed by atoms with Gasteiger partial charge in [0.2, 0.25) is 0 Å². The van der Waals surface area contributed by atoms with Crippen molar-refractivity contribution in [2.75, 3.05) is 31.2 Å². The van der Waals surface area contributed by atoms with Gasteiger partial charge in [0, 0.05) is 31.0 Å². The molecule has 28 heavy (non-hydrogen) atoms. The highest BCUT2D eigenvalue weighted by molar-refractivity contribution is 5.89. The Labute approximate surface area is 165 Å². The first-order chi connectivity index (χ1) is 13.6. The van der Waals surface area contributed by atoms with Gasteiger partial charge in [-0.05, 0) is 56.8 Å². The SMILES string of the molecule is CN(Cc1nccc(N)n1)C1CCN(C(=O)Nc2cnc3c(c2)CCCC3)C1. The van der Waals surface area contributed by atoms with E-state index in [9.17, 15) is 4.79 Å². The minimum atomic E-state index is -0.0614. The number of nitrogens with two attached hydrogens (primary N) is 1. The minimum Gasteiger partial charge on any atom is -0.384 e. The van der Waals surface area contributed by atoms with Crippen molar-refractivity contribution < 1.29 is 4.79 Å². The Morgan fingerprint density at radius 1 is 1.36 bits per heavy atom. The number of likely N-dealkylation sites (tertiary alicyclic amines) is 1. The van der Waals surface area contributed by atoms with Crippen LogP contribution in [0.1, 0.15) is 36.3 Å². The normalized spacial score (nSPS) is 18.9. The van der Waals surface area contributed by atoms with E-state index < -0.39 is 0 Å². The van der Waals surface area contributed by atoms with Crippen LogP contribution in [-0.2, 0) is 19.4 Å². The number of urea groups is 1. The zero-order valence-electron chi connectivity index (χ0n) is 16.3. The zero-order valence-corrected chi connectivity index (χ0v) is 16.3. The fourth-order valence-corrected chi connectivity index (χ4v) is 3.99. The van der Waals surface area contributed by atoms with Crippen molar-refractivity contribution in [2.45, 2.75) is 44.7 Å². The summed E-state index contributed by atoms with van der Waals surface area (Å²) in [5.74, 6) is 1.18. The summed E-state index contributed by atoms with van der Waals surface area (Å²) in [6.07, 6.45) is 8.87. The lowest BCUT2D eigenvalue weighted by Crippen LogP contribution is -2.38. The number of aromatic nitrogens is 3. The van der Waals surface area contributed by atoms with Crippen LogP contribution in [0.2, 0.25) is 0 Å². The van der Waals surface area contributed by atoms with Crippen molar-refractivity contribution in [1.82, 2.24) is 24.8 Å². The second kappa shape index (κ2) is 8.10. The van der Waals surface area contributed by atoms with E-state index in [1.165, 1.54) is 24.1 Å². The van der Waals surface area contributed by atoms with E-state index in [0.29, 0.717) is 24.7 Å². The molecule has 2 aromatic heterocycles. The fraction of sp³-hybridized carbons (Fsp3) is 0.500. The maximum Gasteiger partial charge on any atom is 0.321 e. The van der Waals surface area contributed by atoms with Crippen molar-refractivity contribution in [2.24, 2.45) is 0 Å². The quantitative estimate of drug-likeness (QED) is 0.841. The molecule has 0 spiro atoms. The van der Waals surface area contributed by atoms with Gasteiger partial charge in [-0.15, -0.1) is 0 Å². The molecule has 1 fully saturated rings. The van der Waals surface area contributed by atoms with E-state index in [-0.39, 0.29) is 12.1 Å². The molecule has 2 amide bonds. The molecular weight excluding hydrogens is 354 g/mol. The third kappa shape index (κ3) is 4.22. The molecule has 3 heterocycles. The number of amides is 2. The first-order valence-corrected chi connectivity index (χ1v) is 9.90. The van der Waals surface area contributed by atoms with E-state index >= 15 is 0 Å². The molecular formula is C20H27N7O. The summed E-state index contributed by atoms with van der Waals surface area (Å²) in [7, 11) is 2.03. The van der Waals surface area contributed by atoms with Gasteiger partial charge in [0.05, 0.1) is 18.4 Å². The zero-order chi connectivity index (χ0) is 19.5. The van der Waals surface area contributed by atoms with Crippen LogP contribution in [-0.4, -0.2) is 57.0 Å². The maximum absolute atomic E-state index is 12.7. The predicted octanol–water partition coefficient (Wildman–Crippen LogP) is 2.07. The summed E-state index contributed by atoms with van der Waals surface area (Å²) in [5.41, 5.74) is 8.96. The largest absolute Gasteiger partial charge is 0.384 e. The molecule has 1 aliphatic carbocycles. The van der Waals surface area contributed by atoms with Gasteiger partial charge < -0.3 is 16.0 Å². The molecule has 2 aliphatic rings. The summed E-state index contributed by atoms with van der Waals surface area (Å²) in [4.78, 5) is 29.8. The Bertz CT molecular complexity index is 856. The van der Waals surface area contributed by atoms with Gasteiger partial charge >= 0.3 is 6.03 Å². The number of hydrogen-bond acceptors (Lipinski definition) is 6. The number of rotatable bonds is 4. The number of aryl methyl sites for hydroxylation is 2. The number of nitrogens with one attached hydrogen (secondary N) is 1. The lowest BCUT2D eigenvalue weighted by molar-refractivity contribution is 0.206. The second-order valence-corrected chi connectivity index (χ2v) is 7.67. The van der Waals surface area contributed by atoms with Gasteiger partial charge in [-0.25, -0.2) is 14.8 Å². The van der Waals surface area contributed by atoms with E-state index in [0.717, 1.165) is 31.5 Å². The van der Waals surface area contributed by atoms with Crippen molar-refractivity contribution in [1.29, 1.82) is 0 Å². The van der Waals surface area contributed by atoms with Crippen molar-refractivity contribution in [3.05, 3.63) is 41.6 Å². The Morgan fingerprint density at radius 3 is 3.07 bits per heavy atom. The highest BCUT2D eigenvalue weighted by Crippen LogP contribution is 2.23. The van der Waals surface area contributed by atoms with Crippen LogP contribution in [0.3, 0.4) is 0 Å². The topological polar surface area (TPSA) is 100 Å². The summed E-state index contributed by atoms with van der Waals surface area (Å²) in [6, 6.07) is 3.97. The van der Waals surface area contributed by atoms with E-state index in [1.54, 1.807) is 18.5 Å². The molecule has 148 valence electrons. The molecule has 0 saturated carbocycles. The Balaban J connectivity index is 1.32. The van der Waals surface area contributed by atoms with Crippen molar-refractivity contribution in [3.63, 3.8) is 0 Å². The van der Waals surface area contributed by atoms with Gasteiger partial charge in [0.15, 0.2) is 0 Å². The first kappa shape index (κ1) is 18.6. The average Bonchev–Trinajstić information content (AvgIpc) is 3.18. The molecule has 0 aromatic carbocycles.